The summed E-state index contributed by atoms with van der Waals surface area (Å²) in [6, 6.07) is 9.67. The first-order valence-corrected chi connectivity index (χ1v) is 7.68. The molecule has 1 saturated heterocycles. The van der Waals surface area contributed by atoms with Gasteiger partial charge in [0.15, 0.2) is 0 Å². The number of carbonyl (C=O) groups excluding carboxylic acids is 1. The van der Waals surface area contributed by atoms with Gasteiger partial charge in [0.25, 0.3) is 0 Å². The number of fused-ring (bicyclic) bond motifs is 1. The molecule has 1 atom stereocenters. The standard InChI is InChI=1S/C18H18N2O3/c21-16(20-11-3-7-15(12-20)18(22)23)9-8-14-5-1-4-13-6-2-10-19-17(13)14/h1-2,4-6,8-10,15H,3,7,11-12H2,(H,22,23). The predicted octanol–water partition coefficient (Wildman–Crippen LogP) is 2.57. The summed E-state index contributed by atoms with van der Waals surface area (Å²) >= 11 is 0. The first-order chi connectivity index (χ1) is 11.1. The summed E-state index contributed by atoms with van der Waals surface area (Å²) in [7, 11) is 0. The molecule has 1 amide bonds. The summed E-state index contributed by atoms with van der Waals surface area (Å²) in [5.41, 5.74) is 1.73. The number of piperidine rings is 1. The van der Waals surface area contributed by atoms with E-state index in [0.717, 1.165) is 22.9 Å². The smallest absolute Gasteiger partial charge is 0.308 e. The van der Waals surface area contributed by atoms with Crippen LogP contribution in [0.2, 0.25) is 0 Å². The Bertz CT molecular complexity index is 764. The van der Waals surface area contributed by atoms with Gasteiger partial charge in [-0.1, -0.05) is 24.3 Å². The molecule has 1 aromatic carbocycles. The molecule has 0 aliphatic carbocycles. The molecular formula is C18H18N2O3. The van der Waals surface area contributed by atoms with Gasteiger partial charge in [-0.25, -0.2) is 0 Å². The molecule has 0 saturated carbocycles. The molecule has 1 aromatic heterocycles. The van der Waals surface area contributed by atoms with Crippen molar-refractivity contribution in [3.63, 3.8) is 0 Å². The van der Waals surface area contributed by atoms with Crippen molar-refractivity contribution in [1.82, 2.24) is 9.88 Å². The third-order valence-electron chi connectivity index (χ3n) is 4.15. The van der Waals surface area contributed by atoms with E-state index in [1.165, 1.54) is 6.08 Å². The lowest BCUT2D eigenvalue weighted by atomic mass is 9.98. The van der Waals surface area contributed by atoms with E-state index < -0.39 is 11.9 Å². The predicted molar refractivity (Wildman–Crippen MR) is 87.7 cm³/mol. The number of amides is 1. The second-order valence-electron chi connectivity index (χ2n) is 5.72. The molecule has 5 heteroatoms. The maximum atomic E-state index is 12.3. The first kappa shape index (κ1) is 15.2. The van der Waals surface area contributed by atoms with Crippen molar-refractivity contribution < 1.29 is 14.7 Å². The van der Waals surface area contributed by atoms with Crippen molar-refractivity contribution in [3.05, 3.63) is 48.2 Å². The average Bonchev–Trinajstić information content (AvgIpc) is 2.59. The molecule has 23 heavy (non-hydrogen) atoms. The number of carbonyl (C=O) groups is 2. The molecule has 5 nitrogen and oxygen atoms in total. The fourth-order valence-electron chi connectivity index (χ4n) is 2.91. The highest BCUT2D eigenvalue weighted by Gasteiger charge is 2.27. The number of likely N-dealkylation sites (tertiary alicyclic amines) is 1. The Balaban J connectivity index is 1.76. The van der Waals surface area contributed by atoms with Crippen molar-refractivity contribution in [2.24, 2.45) is 5.92 Å². The second kappa shape index (κ2) is 6.60. The number of aliphatic carboxylic acids is 1. The number of aromatic nitrogens is 1. The van der Waals surface area contributed by atoms with Gasteiger partial charge in [-0.15, -0.1) is 0 Å². The van der Waals surface area contributed by atoms with E-state index in [2.05, 4.69) is 4.98 Å². The summed E-state index contributed by atoms with van der Waals surface area (Å²) in [4.78, 5) is 29.3. The van der Waals surface area contributed by atoms with E-state index in [-0.39, 0.29) is 12.5 Å². The van der Waals surface area contributed by atoms with Gasteiger partial charge in [-0.2, -0.15) is 0 Å². The van der Waals surface area contributed by atoms with Crippen molar-refractivity contribution in [2.75, 3.05) is 13.1 Å². The fourth-order valence-corrected chi connectivity index (χ4v) is 2.91. The Morgan fingerprint density at radius 3 is 2.91 bits per heavy atom. The van der Waals surface area contributed by atoms with Gasteiger partial charge in [0.2, 0.25) is 5.91 Å². The SMILES string of the molecule is O=C(O)C1CCCN(C(=O)C=Cc2cccc3cccnc23)C1. The van der Waals surface area contributed by atoms with Crippen molar-refractivity contribution >= 4 is 28.9 Å². The molecule has 1 aliphatic rings. The van der Waals surface area contributed by atoms with Crippen LogP contribution in [0.5, 0.6) is 0 Å². The van der Waals surface area contributed by atoms with Crippen LogP contribution in [0.3, 0.4) is 0 Å². The van der Waals surface area contributed by atoms with E-state index in [1.807, 2.05) is 30.3 Å². The van der Waals surface area contributed by atoms with E-state index in [0.29, 0.717) is 13.0 Å². The lowest BCUT2D eigenvalue weighted by Gasteiger charge is -2.29. The van der Waals surface area contributed by atoms with Crippen LogP contribution >= 0.6 is 0 Å². The Labute approximate surface area is 134 Å². The molecule has 2 heterocycles. The minimum Gasteiger partial charge on any atom is -0.481 e. The van der Waals surface area contributed by atoms with Gasteiger partial charge in [-0.3, -0.25) is 14.6 Å². The Hall–Kier alpha value is -2.69. The molecule has 1 aliphatic heterocycles. The molecule has 0 spiro atoms. The zero-order valence-electron chi connectivity index (χ0n) is 12.7. The normalized spacial score (nSPS) is 18.4. The number of carboxylic acid groups (broad SMARTS) is 1. The number of carboxylic acids is 1. The van der Waals surface area contributed by atoms with Crippen LogP contribution in [0.1, 0.15) is 18.4 Å². The Kier molecular flexibility index (Phi) is 4.37. The third kappa shape index (κ3) is 3.39. The summed E-state index contributed by atoms with van der Waals surface area (Å²) in [5, 5.41) is 10.1. The van der Waals surface area contributed by atoms with Gasteiger partial charge in [0, 0.05) is 36.3 Å². The second-order valence-corrected chi connectivity index (χ2v) is 5.72. The lowest BCUT2D eigenvalue weighted by molar-refractivity contribution is -0.144. The van der Waals surface area contributed by atoms with Gasteiger partial charge >= 0.3 is 5.97 Å². The third-order valence-corrected chi connectivity index (χ3v) is 4.15. The molecule has 0 radical (unpaired) electrons. The number of rotatable bonds is 3. The molecule has 2 aromatic rings. The maximum absolute atomic E-state index is 12.3. The number of para-hydroxylation sites is 1. The van der Waals surface area contributed by atoms with E-state index in [1.54, 1.807) is 17.2 Å². The Morgan fingerprint density at radius 1 is 1.26 bits per heavy atom. The minimum atomic E-state index is -0.829. The van der Waals surface area contributed by atoms with E-state index in [9.17, 15) is 9.59 Å². The van der Waals surface area contributed by atoms with Crippen LogP contribution in [-0.2, 0) is 9.59 Å². The van der Waals surface area contributed by atoms with Gasteiger partial charge in [-0.05, 0) is 25.0 Å². The zero-order valence-corrected chi connectivity index (χ0v) is 12.7. The molecule has 0 bridgehead atoms. The Morgan fingerprint density at radius 2 is 2.09 bits per heavy atom. The average molecular weight is 310 g/mol. The highest BCUT2D eigenvalue weighted by molar-refractivity contribution is 5.95. The highest BCUT2D eigenvalue weighted by Crippen LogP contribution is 2.19. The quantitative estimate of drug-likeness (QED) is 0.885. The molecular weight excluding hydrogens is 292 g/mol. The summed E-state index contributed by atoms with van der Waals surface area (Å²) in [6.45, 7) is 0.896. The number of pyridine rings is 1. The van der Waals surface area contributed by atoms with Crippen molar-refractivity contribution in [1.29, 1.82) is 0 Å². The fraction of sp³-hybridized carbons (Fsp3) is 0.278. The lowest BCUT2D eigenvalue weighted by Crippen LogP contribution is -2.41. The number of nitrogens with zero attached hydrogens (tertiary/aromatic N) is 2. The van der Waals surface area contributed by atoms with Crippen LogP contribution in [0.4, 0.5) is 0 Å². The van der Waals surface area contributed by atoms with Crippen LogP contribution < -0.4 is 0 Å². The highest BCUT2D eigenvalue weighted by atomic mass is 16.4. The van der Waals surface area contributed by atoms with Crippen molar-refractivity contribution in [3.8, 4) is 0 Å². The van der Waals surface area contributed by atoms with Gasteiger partial charge in [0.05, 0.1) is 11.4 Å². The van der Waals surface area contributed by atoms with Gasteiger partial charge < -0.3 is 10.0 Å². The molecule has 1 unspecified atom stereocenters. The maximum Gasteiger partial charge on any atom is 0.308 e. The largest absolute Gasteiger partial charge is 0.481 e. The molecule has 1 N–H and O–H groups in total. The number of benzene rings is 1. The van der Waals surface area contributed by atoms with Crippen LogP contribution in [-0.4, -0.2) is 40.0 Å². The minimum absolute atomic E-state index is 0.149. The molecule has 3 rings (SSSR count). The monoisotopic (exact) mass is 310 g/mol. The van der Waals surface area contributed by atoms with Gasteiger partial charge in [0.1, 0.15) is 0 Å². The first-order valence-electron chi connectivity index (χ1n) is 7.68. The van der Waals surface area contributed by atoms with E-state index in [4.69, 9.17) is 5.11 Å². The van der Waals surface area contributed by atoms with Crippen LogP contribution in [0, 0.1) is 5.92 Å². The summed E-state index contributed by atoms with van der Waals surface area (Å²) in [6.07, 6.45) is 6.35. The summed E-state index contributed by atoms with van der Waals surface area (Å²) in [5.74, 6) is -1.44. The van der Waals surface area contributed by atoms with Crippen LogP contribution in [0.25, 0.3) is 17.0 Å². The van der Waals surface area contributed by atoms with Crippen molar-refractivity contribution in [2.45, 2.75) is 12.8 Å². The molecule has 1 fully saturated rings. The van der Waals surface area contributed by atoms with Crippen LogP contribution in [0.15, 0.2) is 42.6 Å². The topological polar surface area (TPSA) is 70.5 Å². The number of hydrogen-bond donors (Lipinski definition) is 1. The summed E-state index contributed by atoms with van der Waals surface area (Å²) < 4.78 is 0. The number of hydrogen-bond acceptors (Lipinski definition) is 3. The zero-order chi connectivity index (χ0) is 16.2. The van der Waals surface area contributed by atoms with E-state index >= 15 is 0 Å². The molecule has 118 valence electrons.